The summed E-state index contributed by atoms with van der Waals surface area (Å²) in [6.45, 7) is 12.2. The van der Waals surface area contributed by atoms with E-state index in [0.717, 1.165) is 24.2 Å². The Hall–Kier alpha value is -7.42. The predicted molar refractivity (Wildman–Crippen MR) is 270 cm³/mol. The van der Waals surface area contributed by atoms with Crippen molar-refractivity contribution in [2.24, 2.45) is 0 Å². The van der Waals surface area contributed by atoms with Crippen LogP contribution in [0.15, 0.2) is 200 Å². The standard InChI is InChI=1S/C62H48N2/c1-5-18-48-46-25-10-14-27-52(46)61(3,4)58(48)59(63-38(2)64-57-37-41-21-7-6-20-40(41)35-51(57)49-33-31-39-19-8-9-22-43(39)60(49)64)42-32-34-56-50(36-42)47-26-13-17-30-55(47)62(56)53-28-15-11-23-44(53)45-24-12-16-29-54(45)62/h6-17,19-37,59,63H,2,5,18H2,1,3-4H3. The van der Waals surface area contributed by atoms with E-state index in [-0.39, 0.29) is 11.5 Å². The Labute approximate surface area is 374 Å². The Balaban J connectivity index is 1.07. The third-order valence-electron chi connectivity index (χ3n) is 15.2. The van der Waals surface area contributed by atoms with Gasteiger partial charge in [-0.25, -0.2) is 0 Å². The molecule has 1 aromatic heterocycles. The number of benzene rings is 9. The Morgan fingerprint density at radius 3 is 1.73 bits per heavy atom. The maximum absolute atomic E-state index is 5.03. The smallest absolute Gasteiger partial charge is 0.104 e. The molecular weight excluding hydrogens is 773 g/mol. The van der Waals surface area contributed by atoms with Crippen LogP contribution >= 0.6 is 0 Å². The molecule has 1 unspecified atom stereocenters. The van der Waals surface area contributed by atoms with E-state index in [1.54, 1.807) is 0 Å². The Morgan fingerprint density at radius 1 is 0.516 bits per heavy atom. The number of aromatic nitrogens is 1. The molecule has 0 saturated heterocycles. The van der Waals surface area contributed by atoms with Gasteiger partial charge in [-0.2, -0.15) is 0 Å². The summed E-state index contributed by atoms with van der Waals surface area (Å²) in [6, 6.07) is 70.5. The molecule has 0 bridgehead atoms. The van der Waals surface area contributed by atoms with Crippen LogP contribution in [0.25, 0.3) is 77.0 Å². The molecule has 1 heterocycles. The lowest BCUT2D eigenvalue weighted by Crippen LogP contribution is -2.31. The molecule has 0 amide bonds. The van der Waals surface area contributed by atoms with Crippen LogP contribution in [0.3, 0.4) is 0 Å². The molecule has 64 heavy (non-hydrogen) atoms. The first kappa shape index (κ1) is 37.2. The van der Waals surface area contributed by atoms with Crippen LogP contribution in [-0.4, -0.2) is 4.57 Å². The number of hydrogen-bond acceptors (Lipinski definition) is 1. The maximum atomic E-state index is 5.03. The minimum Gasteiger partial charge on any atom is -0.361 e. The zero-order valence-corrected chi connectivity index (χ0v) is 36.5. The number of hydrogen-bond donors (Lipinski definition) is 1. The van der Waals surface area contributed by atoms with E-state index in [4.69, 9.17) is 6.58 Å². The highest BCUT2D eigenvalue weighted by Crippen LogP contribution is 2.63. The van der Waals surface area contributed by atoms with Gasteiger partial charge in [-0.1, -0.05) is 204 Å². The Morgan fingerprint density at radius 2 is 1.06 bits per heavy atom. The van der Waals surface area contributed by atoms with Gasteiger partial charge in [-0.15, -0.1) is 0 Å². The lowest BCUT2D eigenvalue weighted by molar-refractivity contribution is 0.548. The summed E-state index contributed by atoms with van der Waals surface area (Å²) in [5.74, 6) is 0.864. The Bertz CT molecular complexity index is 3620. The van der Waals surface area contributed by atoms with Crippen molar-refractivity contribution in [3.8, 4) is 22.3 Å². The second-order valence-electron chi connectivity index (χ2n) is 18.8. The molecule has 10 aromatic rings. The highest BCUT2D eigenvalue weighted by Gasteiger charge is 2.52. The van der Waals surface area contributed by atoms with Crippen LogP contribution in [-0.2, 0) is 10.8 Å². The average Bonchev–Trinajstić information content (AvgIpc) is 4.00. The molecular formula is C62H48N2. The normalized spacial score (nSPS) is 15.4. The first-order chi connectivity index (χ1) is 31.4. The summed E-state index contributed by atoms with van der Waals surface area (Å²) in [5.41, 5.74) is 19.3. The van der Waals surface area contributed by atoms with Gasteiger partial charge < -0.3 is 5.32 Å². The monoisotopic (exact) mass is 820 g/mol. The topological polar surface area (TPSA) is 17.0 Å². The summed E-state index contributed by atoms with van der Waals surface area (Å²) in [6.07, 6.45) is 2.05. The largest absolute Gasteiger partial charge is 0.361 e. The molecule has 0 aliphatic heterocycles. The molecule has 1 N–H and O–H groups in total. The number of fused-ring (bicyclic) bond motifs is 17. The summed E-state index contributed by atoms with van der Waals surface area (Å²) < 4.78 is 2.42. The molecule has 9 aromatic carbocycles. The zero-order valence-electron chi connectivity index (χ0n) is 36.5. The summed E-state index contributed by atoms with van der Waals surface area (Å²) in [7, 11) is 0. The second-order valence-corrected chi connectivity index (χ2v) is 18.8. The number of allylic oxidation sites excluding steroid dienone is 1. The molecule has 13 rings (SSSR count). The molecule has 0 fully saturated rings. The van der Waals surface area contributed by atoms with E-state index in [2.05, 4.69) is 219 Å². The van der Waals surface area contributed by atoms with E-state index >= 15 is 0 Å². The average molecular weight is 821 g/mol. The van der Waals surface area contributed by atoms with Crippen LogP contribution in [0.2, 0.25) is 0 Å². The van der Waals surface area contributed by atoms with Gasteiger partial charge in [0.15, 0.2) is 0 Å². The number of nitrogens with zero attached hydrogens (tertiary/aromatic N) is 1. The molecule has 3 aliphatic rings. The van der Waals surface area contributed by atoms with Crippen LogP contribution in [0.5, 0.6) is 0 Å². The molecule has 3 aliphatic carbocycles. The molecule has 306 valence electrons. The van der Waals surface area contributed by atoms with Gasteiger partial charge in [-0.05, 0) is 113 Å². The van der Waals surface area contributed by atoms with Crippen LogP contribution < -0.4 is 5.32 Å². The predicted octanol–water partition coefficient (Wildman–Crippen LogP) is 15.7. The van der Waals surface area contributed by atoms with Gasteiger partial charge in [0.2, 0.25) is 0 Å². The maximum Gasteiger partial charge on any atom is 0.104 e. The van der Waals surface area contributed by atoms with Crippen molar-refractivity contribution in [3.63, 3.8) is 0 Å². The van der Waals surface area contributed by atoms with Crippen molar-refractivity contribution < 1.29 is 0 Å². The minimum atomic E-state index is -0.396. The number of rotatable bonds is 7. The van der Waals surface area contributed by atoms with Crippen LogP contribution in [0.4, 0.5) is 0 Å². The first-order valence-corrected chi connectivity index (χ1v) is 23.0. The highest BCUT2D eigenvalue weighted by molar-refractivity contribution is 6.21. The van der Waals surface area contributed by atoms with Gasteiger partial charge in [0.05, 0.1) is 22.5 Å². The first-order valence-electron chi connectivity index (χ1n) is 23.0. The minimum absolute atomic E-state index is 0.184. The van der Waals surface area contributed by atoms with Crippen molar-refractivity contribution in [1.82, 2.24) is 9.88 Å². The Kier molecular flexibility index (Phi) is 7.86. The highest BCUT2D eigenvalue weighted by atomic mass is 15.2. The molecule has 2 nitrogen and oxygen atoms in total. The fourth-order valence-electron chi connectivity index (χ4n) is 12.6. The number of nitrogens with one attached hydrogen (secondary N) is 1. The molecule has 0 saturated carbocycles. The second kappa shape index (κ2) is 13.5. The van der Waals surface area contributed by atoms with Crippen LogP contribution in [0, 0.1) is 0 Å². The van der Waals surface area contributed by atoms with Gasteiger partial charge in [-0.3, -0.25) is 4.57 Å². The van der Waals surface area contributed by atoms with Crippen molar-refractivity contribution in [1.29, 1.82) is 0 Å². The van der Waals surface area contributed by atoms with Crippen molar-refractivity contribution in [3.05, 3.63) is 239 Å². The lowest BCUT2D eigenvalue weighted by Gasteiger charge is -2.34. The molecule has 1 spiro atoms. The summed E-state index contributed by atoms with van der Waals surface area (Å²) in [4.78, 5) is 0. The summed E-state index contributed by atoms with van der Waals surface area (Å²) >= 11 is 0. The van der Waals surface area contributed by atoms with Crippen molar-refractivity contribution in [2.75, 3.05) is 0 Å². The fraction of sp³-hybridized carbons (Fsp3) is 0.129. The zero-order chi connectivity index (χ0) is 42.9. The third kappa shape index (κ3) is 4.86. The molecule has 1 atom stereocenters. The van der Waals surface area contributed by atoms with E-state index in [0.29, 0.717) is 0 Å². The van der Waals surface area contributed by atoms with Crippen molar-refractivity contribution in [2.45, 2.75) is 50.5 Å². The van der Waals surface area contributed by atoms with Gasteiger partial charge >= 0.3 is 0 Å². The van der Waals surface area contributed by atoms with E-state index < -0.39 is 5.41 Å². The SMILES string of the molecule is C=C(NC(C1=C(CCC)c2ccccc2C1(C)C)c1ccc2c(c1)-c1ccccc1C21c2ccccc2-c2ccccc21)n1c2cc3ccccc3cc2c2ccc3ccccc3c21. The third-order valence-corrected chi connectivity index (χ3v) is 15.2. The lowest BCUT2D eigenvalue weighted by atomic mass is 9.70. The molecule has 0 radical (unpaired) electrons. The fourth-order valence-corrected chi connectivity index (χ4v) is 12.6. The molecule has 2 heteroatoms. The van der Waals surface area contributed by atoms with Gasteiger partial charge in [0.25, 0.3) is 0 Å². The van der Waals surface area contributed by atoms with E-state index in [9.17, 15) is 0 Å². The van der Waals surface area contributed by atoms with E-state index in [1.807, 2.05) is 0 Å². The quantitative estimate of drug-likeness (QED) is 0.169. The van der Waals surface area contributed by atoms with Gasteiger partial charge in [0, 0.05) is 21.6 Å². The van der Waals surface area contributed by atoms with Crippen molar-refractivity contribution >= 4 is 54.7 Å². The van der Waals surface area contributed by atoms with E-state index in [1.165, 1.54) is 110 Å². The van der Waals surface area contributed by atoms with Crippen LogP contribution in [0.1, 0.15) is 78.6 Å². The van der Waals surface area contributed by atoms with Gasteiger partial charge in [0.1, 0.15) is 5.82 Å². The summed E-state index contributed by atoms with van der Waals surface area (Å²) in [5, 5.41) is 11.6.